The van der Waals surface area contributed by atoms with Crippen LogP contribution in [0.2, 0.25) is 0 Å². The minimum absolute atomic E-state index is 0.662. The SMILES string of the molecule is CCNc1cncc(-c2cccc(CC(C)C)c2)n1. The lowest BCUT2D eigenvalue weighted by atomic mass is 10.0. The van der Waals surface area contributed by atoms with Crippen molar-refractivity contribution in [3.8, 4) is 11.3 Å². The zero-order chi connectivity index (χ0) is 13.7. The van der Waals surface area contributed by atoms with Gasteiger partial charge in [-0.15, -0.1) is 0 Å². The van der Waals surface area contributed by atoms with E-state index in [-0.39, 0.29) is 0 Å². The van der Waals surface area contributed by atoms with Crippen LogP contribution in [0, 0.1) is 5.92 Å². The van der Waals surface area contributed by atoms with Crippen LogP contribution in [-0.4, -0.2) is 16.5 Å². The molecular weight excluding hydrogens is 234 g/mol. The van der Waals surface area contributed by atoms with Gasteiger partial charge in [0, 0.05) is 12.1 Å². The van der Waals surface area contributed by atoms with Crippen molar-refractivity contribution < 1.29 is 0 Å². The zero-order valence-corrected chi connectivity index (χ0v) is 11.9. The van der Waals surface area contributed by atoms with Gasteiger partial charge in [0.25, 0.3) is 0 Å². The van der Waals surface area contributed by atoms with Gasteiger partial charge >= 0.3 is 0 Å². The predicted molar refractivity (Wildman–Crippen MR) is 80.2 cm³/mol. The summed E-state index contributed by atoms with van der Waals surface area (Å²) in [5.41, 5.74) is 3.40. The molecule has 0 fully saturated rings. The largest absolute Gasteiger partial charge is 0.369 e. The number of rotatable bonds is 5. The summed E-state index contributed by atoms with van der Waals surface area (Å²) in [4.78, 5) is 8.82. The smallest absolute Gasteiger partial charge is 0.145 e. The molecule has 1 aromatic carbocycles. The number of nitrogens with one attached hydrogen (secondary N) is 1. The molecule has 3 heteroatoms. The Hall–Kier alpha value is -1.90. The zero-order valence-electron chi connectivity index (χ0n) is 11.9. The maximum absolute atomic E-state index is 4.58. The van der Waals surface area contributed by atoms with E-state index in [0.717, 1.165) is 30.0 Å². The van der Waals surface area contributed by atoms with Gasteiger partial charge in [0.15, 0.2) is 0 Å². The molecule has 1 aromatic heterocycles. The van der Waals surface area contributed by atoms with Gasteiger partial charge in [-0.2, -0.15) is 0 Å². The van der Waals surface area contributed by atoms with Crippen LogP contribution in [0.1, 0.15) is 26.3 Å². The summed E-state index contributed by atoms with van der Waals surface area (Å²) in [6.45, 7) is 7.37. The molecule has 1 N–H and O–H groups in total. The molecule has 2 rings (SSSR count). The molecular formula is C16H21N3. The van der Waals surface area contributed by atoms with Crippen LogP contribution >= 0.6 is 0 Å². The third kappa shape index (κ3) is 3.78. The lowest BCUT2D eigenvalue weighted by molar-refractivity contribution is 0.647. The molecule has 0 saturated heterocycles. The summed E-state index contributed by atoms with van der Waals surface area (Å²) >= 11 is 0. The maximum Gasteiger partial charge on any atom is 0.145 e. The molecule has 0 aliphatic heterocycles. The molecule has 3 nitrogen and oxygen atoms in total. The van der Waals surface area contributed by atoms with E-state index in [1.54, 1.807) is 6.20 Å². The summed E-state index contributed by atoms with van der Waals surface area (Å²) in [6, 6.07) is 8.56. The molecule has 0 aliphatic rings. The van der Waals surface area contributed by atoms with Crippen molar-refractivity contribution in [2.24, 2.45) is 5.92 Å². The third-order valence-electron chi connectivity index (χ3n) is 2.86. The van der Waals surface area contributed by atoms with Gasteiger partial charge in [0.1, 0.15) is 5.82 Å². The topological polar surface area (TPSA) is 37.8 Å². The Morgan fingerprint density at radius 1 is 1.21 bits per heavy atom. The Morgan fingerprint density at radius 3 is 2.79 bits per heavy atom. The van der Waals surface area contributed by atoms with Crippen molar-refractivity contribution in [1.82, 2.24) is 9.97 Å². The Balaban J connectivity index is 2.28. The van der Waals surface area contributed by atoms with Crippen molar-refractivity contribution >= 4 is 5.82 Å². The minimum atomic E-state index is 0.662. The molecule has 100 valence electrons. The monoisotopic (exact) mass is 255 g/mol. The van der Waals surface area contributed by atoms with E-state index in [2.05, 4.69) is 60.3 Å². The summed E-state index contributed by atoms with van der Waals surface area (Å²) in [5.74, 6) is 1.49. The van der Waals surface area contributed by atoms with E-state index in [4.69, 9.17) is 0 Å². The van der Waals surface area contributed by atoms with Gasteiger partial charge in [-0.25, -0.2) is 4.98 Å². The number of benzene rings is 1. The van der Waals surface area contributed by atoms with Crippen molar-refractivity contribution in [3.05, 3.63) is 42.2 Å². The third-order valence-corrected chi connectivity index (χ3v) is 2.86. The first-order valence-corrected chi connectivity index (χ1v) is 6.84. The summed E-state index contributed by atoms with van der Waals surface area (Å²) in [6.07, 6.45) is 4.66. The number of aromatic nitrogens is 2. The van der Waals surface area contributed by atoms with Crippen LogP contribution in [0.5, 0.6) is 0 Å². The summed E-state index contributed by atoms with van der Waals surface area (Å²) in [7, 11) is 0. The molecule has 0 amide bonds. The van der Waals surface area contributed by atoms with E-state index >= 15 is 0 Å². The molecule has 0 spiro atoms. The minimum Gasteiger partial charge on any atom is -0.369 e. The fourth-order valence-electron chi connectivity index (χ4n) is 2.10. The average molecular weight is 255 g/mol. The summed E-state index contributed by atoms with van der Waals surface area (Å²) in [5, 5.41) is 3.19. The highest BCUT2D eigenvalue weighted by Crippen LogP contribution is 2.20. The fourth-order valence-corrected chi connectivity index (χ4v) is 2.10. The number of nitrogens with zero attached hydrogens (tertiary/aromatic N) is 2. The molecule has 0 unspecified atom stereocenters. The molecule has 0 atom stereocenters. The average Bonchev–Trinajstić information content (AvgIpc) is 2.39. The van der Waals surface area contributed by atoms with Crippen LogP contribution in [0.25, 0.3) is 11.3 Å². The van der Waals surface area contributed by atoms with E-state index in [1.807, 2.05) is 6.20 Å². The molecule has 1 heterocycles. The summed E-state index contributed by atoms with van der Waals surface area (Å²) < 4.78 is 0. The van der Waals surface area contributed by atoms with Gasteiger partial charge in [0.2, 0.25) is 0 Å². The molecule has 0 aliphatic carbocycles. The second kappa shape index (κ2) is 6.32. The van der Waals surface area contributed by atoms with E-state index in [0.29, 0.717) is 5.92 Å². The Morgan fingerprint density at radius 2 is 2.05 bits per heavy atom. The lowest BCUT2D eigenvalue weighted by Crippen LogP contribution is -2.01. The van der Waals surface area contributed by atoms with Gasteiger partial charge in [0.05, 0.1) is 18.1 Å². The lowest BCUT2D eigenvalue weighted by Gasteiger charge is -2.08. The first-order chi connectivity index (χ1) is 9.19. The number of anilines is 1. The standard InChI is InChI=1S/C16H21N3/c1-4-18-16-11-17-10-15(19-16)14-7-5-6-13(9-14)8-12(2)3/h5-7,9-12H,4,8H2,1-3H3,(H,18,19). The maximum atomic E-state index is 4.58. The van der Waals surface area contributed by atoms with E-state index in [9.17, 15) is 0 Å². The molecule has 2 aromatic rings. The van der Waals surface area contributed by atoms with Crippen molar-refractivity contribution in [3.63, 3.8) is 0 Å². The van der Waals surface area contributed by atoms with Crippen molar-refractivity contribution in [2.45, 2.75) is 27.2 Å². The van der Waals surface area contributed by atoms with Gasteiger partial charge < -0.3 is 5.32 Å². The van der Waals surface area contributed by atoms with Crippen LogP contribution in [0.4, 0.5) is 5.82 Å². The Bertz CT molecular complexity index is 535. The Kier molecular flexibility index (Phi) is 4.50. The molecule has 0 saturated carbocycles. The van der Waals surface area contributed by atoms with Crippen molar-refractivity contribution in [1.29, 1.82) is 0 Å². The van der Waals surface area contributed by atoms with Gasteiger partial charge in [-0.1, -0.05) is 32.0 Å². The molecule has 19 heavy (non-hydrogen) atoms. The first kappa shape index (κ1) is 13.5. The highest BCUT2D eigenvalue weighted by Gasteiger charge is 2.04. The van der Waals surface area contributed by atoms with E-state index in [1.165, 1.54) is 5.56 Å². The molecule has 0 radical (unpaired) electrons. The second-order valence-electron chi connectivity index (χ2n) is 5.12. The quantitative estimate of drug-likeness (QED) is 0.883. The first-order valence-electron chi connectivity index (χ1n) is 6.84. The van der Waals surface area contributed by atoms with Crippen molar-refractivity contribution in [2.75, 3.05) is 11.9 Å². The van der Waals surface area contributed by atoms with Crippen LogP contribution in [0.15, 0.2) is 36.7 Å². The second-order valence-corrected chi connectivity index (χ2v) is 5.12. The van der Waals surface area contributed by atoms with Crippen LogP contribution < -0.4 is 5.32 Å². The Labute approximate surface area is 115 Å². The number of hydrogen-bond donors (Lipinski definition) is 1. The number of hydrogen-bond acceptors (Lipinski definition) is 3. The fraction of sp³-hybridized carbons (Fsp3) is 0.375. The van der Waals surface area contributed by atoms with Crippen LogP contribution in [-0.2, 0) is 6.42 Å². The highest BCUT2D eigenvalue weighted by molar-refractivity contribution is 5.60. The van der Waals surface area contributed by atoms with Gasteiger partial charge in [-0.05, 0) is 30.9 Å². The predicted octanol–water partition coefficient (Wildman–Crippen LogP) is 3.77. The van der Waals surface area contributed by atoms with Crippen LogP contribution in [0.3, 0.4) is 0 Å². The van der Waals surface area contributed by atoms with E-state index < -0.39 is 0 Å². The van der Waals surface area contributed by atoms with Gasteiger partial charge in [-0.3, -0.25) is 4.98 Å². The molecule has 0 bridgehead atoms. The normalized spacial score (nSPS) is 10.7. The highest BCUT2D eigenvalue weighted by atomic mass is 15.0.